The molecule has 0 spiro atoms. The van der Waals surface area contributed by atoms with E-state index in [0.29, 0.717) is 16.2 Å². The fraction of sp³-hybridized carbons (Fsp3) is 0.583. The zero-order valence-corrected chi connectivity index (χ0v) is 11.3. The highest BCUT2D eigenvalue weighted by atomic mass is 79.9. The monoisotopic (exact) mass is 298 g/mol. The van der Waals surface area contributed by atoms with Crippen LogP contribution < -0.4 is 0 Å². The SMILES string of the molecule is CC1CCC(c2ncc(Br)c(C(=O)O)n2)CC1. The van der Waals surface area contributed by atoms with Crippen LogP contribution in [0.2, 0.25) is 0 Å². The van der Waals surface area contributed by atoms with Gasteiger partial charge in [0, 0.05) is 12.1 Å². The molecular weight excluding hydrogens is 284 g/mol. The summed E-state index contributed by atoms with van der Waals surface area (Å²) in [6.45, 7) is 2.25. The minimum atomic E-state index is -1.01. The molecule has 2 rings (SSSR count). The van der Waals surface area contributed by atoms with E-state index in [9.17, 15) is 4.79 Å². The second kappa shape index (κ2) is 5.12. The molecule has 1 aromatic rings. The van der Waals surface area contributed by atoms with Gasteiger partial charge in [-0.15, -0.1) is 0 Å². The Morgan fingerprint density at radius 3 is 2.65 bits per heavy atom. The summed E-state index contributed by atoms with van der Waals surface area (Å²) in [7, 11) is 0. The van der Waals surface area contributed by atoms with Crippen molar-refractivity contribution in [3.05, 3.63) is 22.2 Å². The molecule has 1 aromatic heterocycles. The summed E-state index contributed by atoms with van der Waals surface area (Å²) in [5.41, 5.74) is 0.0635. The van der Waals surface area contributed by atoms with E-state index in [1.54, 1.807) is 6.20 Å². The third-order valence-corrected chi connectivity index (χ3v) is 3.93. The van der Waals surface area contributed by atoms with Crippen LogP contribution in [-0.4, -0.2) is 21.0 Å². The highest BCUT2D eigenvalue weighted by Crippen LogP contribution is 2.34. The van der Waals surface area contributed by atoms with Gasteiger partial charge in [-0.3, -0.25) is 0 Å². The van der Waals surface area contributed by atoms with Gasteiger partial charge in [-0.2, -0.15) is 0 Å². The van der Waals surface area contributed by atoms with Gasteiger partial charge in [0.2, 0.25) is 0 Å². The lowest BCUT2D eigenvalue weighted by Crippen LogP contribution is -2.15. The van der Waals surface area contributed by atoms with Crippen LogP contribution in [0, 0.1) is 5.92 Å². The van der Waals surface area contributed by atoms with Gasteiger partial charge in [0.1, 0.15) is 5.82 Å². The van der Waals surface area contributed by atoms with Gasteiger partial charge in [0.15, 0.2) is 5.69 Å². The van der Waals surface area contributed by atoms with Crippen LogP contribution in [0.25, 0.3) is 0 Å². The number of hydrogen-bond donors (Lipinski definition) is 1. The van der Waals surface area contributed by atoms with Crippen molar-refractivity contribution >= 4 is 21.9 Å². The Kier molecular flexibility index (Phi) is 3.76. The number of nitrogens with zero attached hydrogens (tertiary/aromatic N) is 2. The normalized spacial score (nSPS) is 24.6. The minimum absolute atomic E-state index is 0.0635. The first kappa shape index (κ1) is 12.5. The van der Waals surface area contributed by atoms with Crippen molar-refractivity contribution in [3.63, 3.8) is 0 Å². The topological polar surface area (TPSA) is 63.1 Å². The van der Waals surface area contributed by atoms with Crippen LogP contribution >= 0.6 is 15.9 Å². The summed E-state index contributed by atoms with van der Waals surface area (Å²) >= 11 is 3.16. The maximum absolute atomic E-state index is 11.0. The molecule has 0 saturated heterocycles. The molecule has 1 N–H and O–H groups in total. The van der Waals surface area contributed by atoms with Crippen molar-refractivity contribution in [2.75, 3.05) is 0 Å². The molecule has 0 unspecified atom stereocenters. The Morgan fingerprint density at radius 1 is 1.41 bits per heavy atom. The first-order valence-corrected chi connectivity index (χ1v) is 6.63. The molecule has 1 heterocycles. The lowest BCUT2D eigenvalue weighted by atomic mass is 9.82. The van der Waals surface area contributed by atoms with Crippen LogP contribution in [0.3, 0.4) is 0 Å². The van der Waals surface area contributed by atoms with E-state index in [1.165, 1.54) is 12.8 Å². The van der Waals surface area contributed by atoms with Gasteiger partial charge >= 0.3 is 5.97 Å². The van der Waals surface area contributed by atoms with E-state index in [1.807, 2.05) is 0 Å². The predicted octanol–water partition coefficient (Wildman–Crippen LogP) is 3.23. The van der Waals surface area contributed by atoms with Crippen molar-refractivity contribution in [1.82, 2.24) is 9.97 Å². The molecule has 1 saturated carbocycles. The quantitative estimate of drug-likeness (QED) is 0.910. The Morgan fingerprint density at radius 2 is 2.06 bits per heavy atom. The third kappa shape index (κ3) is 2.83. The number of carbonyl (C=O) groups is 1. The van der Waals surface area contributed by atoms with Crippen LogP contribution in [0.15, 0.2) is 10.7 Å². The Labute approximate surface area is 109 Å². The number of halogens is 1. The summed E-state index contributed by atoms with van der Waals surface area (Å²) < 4.78 is 0.443. The van der Waals surface area contributed by atoms with Crippen molar-refractivity contribution in [1.29, 1.82) is 0 Å². The number of rotatable bonds is 2. The first-order valence-electron chi connectivity index (χ1n) is 5.83. The number of aromatic nitrogens is 2. The third-order valence-electron chi connectivity index (χ3n) is 3.35. The van der Waals surface area contributed by atoms with Crippen molar-refractivity contribution in [2.45, 2.75) is 38.5 Å². The zero-order valence-electron chi connectivity index (χ0n) is 9.69. The van der Waals surface area contributed by atoms with E-state index in [4.69, 9.17) is 5.11 Å². The highest BCUT2D eigenvalue weighted by molar-refractivity contribution is 9.10. The van der Waals surface area contributed by atoms with Crippen LogP contribution in [0.4, 0.5) is 0 Å². The lowest BCUT2D eigenvalue weighted by molar-refractivity contribution is 0.0688. The Hall–Kier alpha value is -0.970. The highest BCUT2D eigenvalue weighted by Gasteiger charge is 2.23. The van der Waals surface area contributed by atoms with Gasteiger partial charge in [-0.25, -0.2) is 14.8 Å². The molecule has 5 heteroatoms. The van der Waals surface area contributed by atoms with E-state index in [-0.39, 0.29) is 5.69 Å². The van der Waals surface area contributed by atoms with Crippen molar-refractivity contribution in [2.24, 2.45) is 5.92 Å². The molecule has 92 valence electrons. The predicted molar refractivity (Wildman–Crippen MR) is 67.1 cm³/mol. The van der Waals surface area contributed by atoms with E-state index in [2.05, 4.69) is 32.8 Å². The largest absolute Gasteiger partial charge is 0.476 e. The molecule has 0 atom stereocenters. The average Bonchev–Trinajstić information content (AvgIpc) is 2.30. The summed E-state index contributed by atoms with van der Waals surface area (Å²) in [5, 5.41) is 9.01. The fourth-order valence-corrected chi connectivity index (χ4v) is 2.61. The zero-order chi connectivity index (χ0) is 12.4. The van der Waals surface area contributed by atoms with Crippen LogP contribution in [0.1, 0.15) is 54.8 Å². The molecule has 0 bridgehead atoms. The molecule has 1 aliphatic carbocycles. The Bertz CT molecular complexity index is 429. The second-order valence-corrected chi connectivity index (χ2v) is 5.54. The van der Waals surface area contributed by atoms with Crippen molar-refractivity contribution in [3.8, 4) is 0 Å². The van der Waals surface area contributed by atoms with Crippen LogP contribution in [-0.2, 0) is 0 Å². The maximum Gasteiger partial charge on any atom is 0.355 e. The molecule has 0 amide bonds. The standard InChI is InChI=1S/C12H15BrN2O2/c1-7-2-4-8(5-3-7)11-14-6-9(13)10(15-11)12(16)17/h6-8H,2-5H2,1H3,(H,16,17). The molecule has 17 heavy (non-hydrogen) atoms. The second-order valence-electron chi connectivity index (χ2n) is 4.69. The number of aromatic carboxylic acids is 1. The van der Waals surface area contributed by atoms with Gasteiger partial charge in [0.05, 0.1) is 4.47 Å². The van der Waals surface area contributed by atoms with E-state index < -0.39 is 5.97 Å². The maximum atomic E-state index is 11.0. The van der Waals surface area contributed by atoms with Gasteiger partial charge in [-0.1, -0.05) is 19.8 Å². The van der Waals surface area contributed by atoms with Crippen molar-refractivity contribution < 1.29 is 9.90 Å². The summed E-state index contributed by atoms with van der Waals surface area (Å²) in [5.74, 6) is 0.750. The molecule has 1 fully saturated rings. The number of carboxylic acid groups (broad SMARTS) is 1. The Balaban J connectivity index is 2.21. The lowest BCUT2D eigenvalue weighted by Gasteiger charge is -2.25. The average molecular weight is 299 g/mol. The summed E-state index contributed by atoms with van der Waals surface area (Å²) in [6.07, 6.45) is 6.01. The molecular formula is C12H15BrN2O2. The summed E-state index contributed by atoms with van der Waals surface area (Å²) in [6, 6.07) is 0. The molecule has 0 radical (unpaired) electrons. The summed E-state index contributed by atoms with van der Waals surface area (Å²) in [4.78, 5) is 19.4. The van der Waals surface area contributed by atoms with E-state index in [0.717, 1.165) is 18.8 Å². The van der Waals surface area contributed by atoms with Gasteiger partial charge < -0.3 is 5.11 Å². The van der Waals surface area contributed by atoms with Gasteiger partial charge in [0.25, 0.3) is 0 Å². The minimum Gasteiger partial charge on any atom is -0.476 e. The van der Waals surface area contributed by atoms with Crippen LogP contribution in [0.5, 0.6) is 0 Å². The fourth-order valence-electron chi connectivity index (χ4n) is 2.25. The molecule has 4 nitrogen and oxygen atoms in total. The first-order chi connectivity index (χ1) is 8.08. The molecule has 1 aliphatic rings. The smallest absolute Gasteiger partial charge is 0.355 e. The van der Waals surface area contributed by atoms with Gasteiger partial charge in [-0.05, 0) is 34.7 Å². The number of carboxylic acids is 1. The number of hydrogen-bond acceptors (Lipinski definition) is 3. The molecule has 0 aromatic carbocycles. The van der Waals surface area contributed by atoms with E-state index >= 15 is 0 Å². The molecule has 0 aliphatic heterocycles.